The van der Waals surface area contributed by atoms with Crippen LogP contribution in [0.25, 0.3) is 0 Å². The molecule has 2 aromatic carbocycles. The number of thioether (sulfide) groups is 1. The Morgan fingerprint density at radius 3 is 2.80 bits per heavy atom. The molecule has 1 amide bonds. The van der Waals surface area contributed by atoms with Crippen molar-refractivity contribution in [3.63, 3.8) is 0 Å². The Bertz CT molecular complexity index is 828. The van der Waals surface area contributed by atoms with Gasteiger partial charge in [-0.15, -0.1) is 11.8 Å². The molecule has 5 nitrogen and oxygen atoms in total. The summed E-state index contributed by atoms with van der Waals surface area (Å²) >= 11 is 13.2. The van der Waals surface area contributed by atoms with Crippen LogP contribution >= 0.6 is 35.0 Å². The lowest BCUT2D eigenvalue weighted by atomic mass is 10.2. The number of hydrogen-bond donors (Lipinski definition) is 1. The molecule has 0 saturated heterocycles. The Kier molecular flexibility index (Phi) is 5.73. The summed E-state index contributed by atoms with van der Waals surface area (Å²) in [6, 6.07) is 9.95. The van der Waals surface area contributed by atoms with Gasteiger partial charge in [-0.1, -0.05) is 23.2 Å². The molecular formula is C17H13Cl2NO4S. The fourth-order valence-corrected chi connectivity index (χ4v) is 3.42. The van der Waals surface area contributed by atoms with Crippen LogP contribution in [0.1, 0.15) is 10.4 Å². The molecule has 1 N–H and O–H groups in total. The minimum atomic E-state index is -0.488. The van der Waals surface area contributed by atoms with Gasteiger partial charge in [-0.25, -0.2) is 4.79 Å². The molecule has 0 fully saturated rings. The smallest absolute Gasteiger partial charge is 0.338 e. The molecule has 0 aliphatic carbocycles. The third kappa shape index (κ3) is 4.60. The number of esters is 1. The van der Waals surface area contributed by atoms with Crippen LogP contribution in [0.5, 0.6) is 5.75 Å². The van der Waals surface area contributed by atoms with Crippen LogP contribution in [0, 0.1) is 0 Å². The maximum Gasteiger partial charge on any atom is 0.338 e. The number of ether oxygens (including phenoxy) is 2. The van der Waals surface area contributed by atoms with E-state index in [0.29, 0.717) is 32.8 Å². The van der Waals surface area contributed by atoms with Crippen LogP contribution in [0.3, 0.4) is 0 Å². The first-order chi connectivity index (χ1) is 12.0. The first kappa shape index (κ1) is 17.9. The van der Waals surface area contributed by atoms with E-state index in [1.807, 2.05) is 0 Å². The maximum absolute atomic E-state index is 12.1. The Morgan fingerprint density at radius 2 is 2.00 bits per heavy atom. The second kappa shape index (κ2) is 7.99. The van der Waals surface area contributed by atoms with Crippen molar-refractivity contribution in [2.45, 2.75) is 4.90 Å². The van der Waals surface area contributed by atoms with Gasteiger partial charge in [-0.05, 0) is 36.4 Å². The first-order valence-corrected chi connectivity index (χ1v) is 9.09. The minimum absolute atomic E-state index is 0.0655. The summed E-state index contributed by atoms with van der Waals surface area (Å²) in [5, 5.41) is 3.64. The highest BCUT2D eigenvalue weighted by Crippen LogP contribution is 2.32. The molecule has 8 heteroatoms. The summed E-state index contributed by atoms with van der Waals surface area (Å²) in [4.78, 5) is 24.4. The van der Waals surface area contributed by atoms with Crippen LogP contribution in [0.15, 0.2) is 41.3 Å². The van der Waals surface area contributed by atoms with Gasteiger partial charge < -0.3 is 14.8 Å². The lowest BCUT2D eigenvalue weighted by Gasteiger charge is -2.16. The van der Waals surface area contributed by atoms with E-state index in [2.05, 4.69) is 5.32 Å². The SMILES string of the molecule is O=C1CSc2ccc(C(=O)OCCOc3ccc(Cl)cc3Cl)cc2N1. The van der Waals surface area contributed by atoms with Gasteiger partial charge in [-0.2, -0.15) is 0 Å². The number of fused-ring (bicyclic) bond motifs is 1. The Morgan fingerprint density at radius 1 is 1.16 bits per heavy atom. The van der Waals surface area contributed by atoms with E-state index in [1.54, 1.807) is 36.4 Å². The van der Waals surface area contributed by atoms with Crippen LogP contribution in [0.4, 0.5) is 5.69 Å². The normalized spacial score (nSPS) is 13.0. The molecule has 0 atom stereocenters. The zero-order valence-electron chi connectivity index (χ0n) is 12.9. The van der Waals surface area contributed by atoms with Crippen LogP contribution in [-0.4, -0.2) is 30.8 Å². The molecule has 0 spiro atoms. The number of rotatable bonds is 5. The molecule has 1 aliphatic heterocycles. The second-order valence-corrected chi connectivity index (χ2v) is 6.97. The van der Waals surface area contributed by atoms with Gasteiger partial charge >= 0.3 is 5.97 Å². The second-order valence-electron chi connectivity index (χ2n) is 5.11. The van der Waals surface area contributed by atoms with Gasteiger partial charge in [0.25, 0.3) is 0 Å². The summed E-state index contributed by atoms with van der Waals surface area (Å²) in [5.41, 5.74) is 0.992. The number of anilines is 1. The zero-order valence-corrected chi connectivity index (χ0v) is 15.2. The summed E-state index contributed by atoms with van der Waals surface area (Å²) < 4.78 is 10.6. The van der Waals surface area contributed by atoms with Crippen molar-refractivity contribution in [2.75, 3.05) is 24.3 Å². The van der Waals surface area contributed by atoms with Crippen LogP contribution in [0.2, 0.25) is 10.0 Å². The average Bonchev–Trinajstić information content (AvgIpc) is 2.59. The Labute approximate surface area is 158 Å². The molecular weight excluding hydrogens is 385 g/mol. The monoisotopic (exact) mass is 397 g/mol. The molecule has 3 rings (SSSR count). The molecule has 2 aromatic rings. The van der Waals surface area contributed by atoms with Gasteiger partial charge in [0, 0.05) is 9.92 Å². The largest absolute Gasteiger partial charge is 0.488 e. The van der Waals surface area contributed by atoms with E-state index in [0.717, 1.165) is 4.90 Å². The van der Waals surface area contributed by atoms with Gasteiger partial charge in [0.2, 0.25) is 5.91 Å². The molecule has 1 aliphatic rings. The number of halogens is 2. The fourth-order valence-electron chi connectivity index (χ4n) is 2.17. The van der Waals surface area contributed by atoms with E-state index in [1.165, 1.54) is 11.8 Å². The highest BCUT2D eigenvalue weighted by atomic mass is 35.5. The van der Waals surface area contributed by atoms with Crippen molar-refractivity contribution in [1.29, 1.82) is 0 Å². The molecule has 130 valence electrons. The van der Waals surface area contributed by atoms with E-state index in [9.17, 15) is 9.59 Å². The predicted octanol–water partition coefficient (Wildman–Crippen LogP) is 4.27. The summed E-state index contributed by atoms with van der Waals surface area (Å²) in [6.07, 6.45) is 0. The Balaban J connectivity index is 1.53. The molecule has 1 heterocycles. The quantitative estimate of drug-likeness (QED) is 0.602. The average molecular weight is 398 g/mol. The molecule has 25 heavy (non-hydrogen) atoms. The fraction of sp³-hybridized carbons (Fsp3) is 0.176. The minimum Gasteiger partial charge on any atom is -0.488 e. The molecule has 0 saturated carbocycles. The molecule has 0 unspecified atom stereocenters. The van der Waals surface area contributed by atoms with Crippen molar-refractivity contribution in [3.8, 4) is 5.75 Å². The van der Waals surface area contributed by atoms with E-state index < -0.39 is 5.97 Å². The number of carbonyl (C=O) groups is 2. The summed E-state index contributed by atoms with van der Waals surface area (Å²) in [5.74, 6) is 0.270. The lowest BCUT2D eigenvalue weighted by Crippen LogP contribution is -2.19. The number of carbonyl (C=O) groups excluding carboxylic acids is 2. The topological polar surface area (TPSA) is 64.6 Å². The van der Waals surface area contributed by atoms with Crippen molar-refractivity contribution in [1.82, 2.24) is 0 Å². The van der Waals surface area contributed by atoms with E-state index in [-0.39, 0.29) is 19.1 Å². The number of hydrogen-bond acceptors (Lipinski definition) is 5. The van der Waals surface area contributed by atoms with Crippen molar-refractivity contribution < 1.29 is 19.1 Å². The number of benzene rings is 2. The Hall–Kier alpha value is -1.89. The third-order valence-corrected chi connectivity index (χ3v) is 4.92. The van der Waals surface area contributed by atoms with Crippen molar-refractivity contribution in [2.24, 2.45) is 0 Å². The van der Waals surface area contributed by atoms with Crippen molar-refractivity contribution >= 4 is 52.5 Å². The first-order valence-electron chi connectivity index (χ1n) is 7.34. The number of amides is 1. The lowest BCUT2D eigenvalue weighted by molar-refractivity contribution is -0.113. The molecule has 0 aromatic heterocycles. The summed E-state index contributed by atoms with van der Waals surface area (Å²) in [7, 11) is 0. The zero-order chi connectivity index (χ0) is 17.8. The molecule has 0 radical (unpaired) electrons. The van der Waals surface area contributed by atoms with Gasteiger partial charge in [-0.3, -0.25) is 4.79 Å². The van der Waals surface area contributed by atoms with Crippen molar-refractivity contribution in [3.05, 3.63) is 52.0 Å². The highest BCUT2D eigenvalue weighted by Gasteiger charge is 2.17. The van der Waals surface area contributed by atoms with Gasteiger partial charge in [0.05, 0.1) is 22.0 Å². The van der Waals surface area contributed by atoms with Gasteiger partial charge in [0.1, 0.15) is 19.0 Å². The maximum atomic E-state index is 12.1. The van der Waals surface area contributed by atoms with Crippen LogP contribution < -0.4 is 10.1 Å². The van der Waals surface area contributed by atoms with E-state index in [4.69, 9.17) is 32.7 Å². The highest BCUT2D eigenvalue weighted by molar-refractivity contribution is 8.00. The van der Waals surface area contributed by atoms with Crippen LogP contribution in [-0.2, 0) is 9.53 Å². The molecule has 0 bridgehead atoms. The third-order valence-electron chi connectivity index (χ3n) is 3.32. The van der Waals surface area contributed by atoms with Gasteiger partial charge in [0.15, 0.2) is 0 Å². The number of nitrogens with one attached hydrogen (secondary N) is 1. The summed E-state index contributed by atoms with van der Waals surface area (Å²) in [6.45, 7) is 0.223. The standard InChI is InChI=1S/C17H13Cl2NO4S/c18-11-2-3-14(12(19)8-11)23-5-6-24-17(22)10-1-4-15-13(7-10)20-16(21)9-25-15/h1-4,7-8H,5-6,9H2,(H,20,21). The predicted molar refractivity (Wildman–Crippen MR) is 98.0 cm³/mol. The van der Waals surface area contributed by atoms with E-state index >= 15 is 0 Å².